The lowest BCUT2D eigenvalue weighted by Gasteiger charge is -2.10. The molecule has 0 spiro atoms. The molecule has 2 aromatic rings. The first-order chi connectivity index (χ1) is 8.58. The zero-order valence-electron chi connectivity index (χ0n) is 9.82. The van der Waals surface area contributed by atoms with Crippen molar-refractivity contribution in [1.29, 1.82) is 0 Å². The maximum absolute atomic E-state index is 6.07. The third kappa shape index (κ3) is 2.86. The minimum Gasteiger partial charge on any atom is -0.399 e. The number of nitrogens with zero attached hydrogens (tertiary/aromatic N) is 3. The molecule has 1 heterocycles. The summed E-state index contributed by atoms with van der Waals surface area (Å²) in [5.41, 5.74) is 6.87. The second-order valence-corrected chi connectivity index (χ2v) is 4.71. The number of nitrogen functional groups attached to an aromatic ring is 1. The summed E-state index contributed by atoms with van der Waals surface area (Å²) in [7, 11) is 1.90. The molecule has 0 saturated heterocycles. The van der Waals surface area contributed by atoms with Crippen LogP contribution in [-0.4, -0.2) is 21.3 Å². The van der Waals surface area contributed by atoms with Crippen LogP contribution < -0.4 is 11.1 Å². The molecule has 5 nitrogen and oxygen atoms in total. The van der Waals surface area contributed by atoms with Crippen molar-refractivity contribution in [1.82, 2.24) is 14.8 Å². The Hall–Kier alpha value is -1.46. The van der Waals surface area contributed by atoms with Crippen molar-refractivity contribution in [3.63, 3.8) is 0 Å². The van der Waals surface area contributed by atoms with Gasteiger partial charge in [-0.3, -0.25) is 0 Å². The average molecular weight is 286 g/mol. The van der Waals surface area contributed by atoms with Gasteiger partial charge in [0.2, 0.25) is 0 Å². The third-order valence-electron chi connectivity index (χ3n) is 2.52. The predicted molar refractivity (Wildman–Crippen MR) is 74.1 cm³/mol. The van der Waals surface area contributed by atoms with E-state index in [9.17, 15) is 0 Å². The van der Waals surface area contributed by atoms with Gasteiger partial charge in [0, 0.05) is 25.7 Å². The fraction of sp³-hybridized carbons (Fsp3) is 0.273. The number of halogens is 2. The zero-order chi connectivity index (χ0) is 13.1. The van der Waals surface area contributed by atoms with E-state index in [1.54, 1.807) is 18.5 Å². The van der Waals surface area contributed by atoms with Crippen LogP contribution in [0, 0.1) is 0 Å². The minimum atomic E-state index is 0.512. The molecule has 7 heteroatoms. The summed E-state index contributed by atoms with van der Waals surface area (Å²) < 4.78 is 1.87. The summed E-state index contributed by atoms with van der Waals surface area (Å²) in [5.74, 6) is 0.894. The topological polar surface area (TPSA) is 68.8 Å². The third-order valence-corrected chi connectivity index (χ3v) is 3.12. The first-order valence-corrected chi connectivity index (χ1v) is 6.15. The number of hydrogen-bond donors (Lipinski definition) is 2. The standard InChI is InChI=1S/C11H13Cl2N5/c1-18-6-16-17-10(18)2-3-15-11-8(12)4-7(14)5-9(11)13/h4-6,15H,2-3,14H2,1H3. The number of nitrogens with two attached hydrogens (primary N) is 1. The van der Waals surface area contributed by atoms with Crippen molar-refractivity contribution < 1.29 is 0 Å². The molecule has 0 amide bonds. The van der Waals surface area contributed by atoms with E-state index < -0.39 is 0 Å². The molecular weight excluding hydrogens is 273 g/mol. The molecule has 18 heavy (non-hydrogen) atoms. The Labute approximate surface area is 115 Å². The number of nitrogens with one attached hydrogen (secondary N) is 1. The molecule has 0 fully saturated rings. The van der Waals surface area contributed by atoms with E-state index in [1.807, 2.05) is 11.6 Å². The van der Waals surface area contributed by atoms with E-state index in [0.29, 0.717) is 28.0 Å². The van der Waals surface area contributed by atoms with Crippen LogP contribution in [-0.2, 0) is 13.5 Å². The molecule has 0 saturated carbocycles. The highest BCUT2D eigenvalue weighted by molar-refractivity contribution is 6.39. The summed E-state index contributed by atoms with van der Waals surface area (Å²) in [6.07, 6.45) is 2.39. The number of rotatable bonds is 4. The maximum atomic E-state index is 6.07. The highest BCUT2D eigenvalue weighted by Crippen LogP contribution is 2.32. The molecule has 0 unspecified atom stereocenters. The highest BCUT2D eigenvalue weighted by atomic mass is 35.5. The SMILES string of the molecule is Cn1cnnc1CCNc1c(Cl)cc(N)cc1Cl. The van der Waals surface area contributed by atoms with Crippen LogP contribution in [0.2, 0.25) is 10.0 Å². The van der Waals surface area contributed by atoms with E-state index in [1.165, 1.54) is 0 Å². The lowest BCUT2D eigenvalue weighted by atomic mass is 10.2. The van der Waals surface area contributed by atoms with Gasteiger partial charge in [0.25, 0.3) is 0 Å². The molecule has 0 aliphatic heterocycles. The van der Waals surface area contributed by atoms with Crippen LogP contribution in [0.15, 0.2) is 18.5 Å². The number of hydrogen-bond acceptors (Lipinski definition) is 4. The maximum Gasteiger partial charge on any atom is 0.134 e. The molecule has 96 valence electrons. The molecular formula is C11H13Cl2N5. The lowest BCUT2D eigenvalue weighted by Crippen LogP contribution is -2.09. The quantitative estimate of drug-likeness (QED) is 0.847. The fourth-order valence-corrected chi connectivity index (χ4v) is 2.23. The Morgan fingerprint density at radius 2 is 2.00 bits per heavy atom. The monoisotopic (exact) mass is 285 g/mol. The Kier molecular flexibility index (Phi) is 3.93. The summed E-state index contributed by atoms with van der Waals surface area (Å²) >= 11 is 12.1. The van der Waals surface area contributed by atoms with Gasteiger partial charge in [-0.25, -0.2) is 0 Å². The first-order valence-electron chi connectivity index (χ1n) is 5.39. The number of aromatic nitrogens is 3. The van der Waals surface area contributed by atoms with Crippen LogP contribution in [0.5, 0.6) is 0 Å². The molecule has 1 aromatic carbocycles. The number of anilines is 2. The molecule has 3 N–H and O–H groups in total. The van der Waals surface area contributed by atoms with Crippen molar-refractivity contribution in [2.45, 2.75) is 6.42 Å². The summed E-state index contributed by atoms with van der Waals surface area (Å²) in [6, 6.07) is 3.33. The lowest BCUT2D eigenvalue weighted by molar-refractivity contribution is 0.788. The van der Waals surface area contributed by atoms with Crippen LogP contribution >= 0.6 is 23.2 Å². The molecule has 2 rings (SSSR count). The fourth-order valence-electron chi connectivity index (χ4n) is 1.59. The Bertz CT molecular complexity index is 529. The van der Waals surface area contributed by atoms with E-state index >= 15 is 0 Å². The van der Waals surface area contributed by atoms with Gasteiger partial charge >= 0.3 is 0 Å². The van der Waals surface area contributed by atoms with Crippen LogP contribution in [0.4, 0.5) is 11.4 Å². The normalized spacial score (nSPS) is 10.6. The molecule has 0 radical (unpaired) electrons. The Morgan fingerprint density at radius 3 is 2.56 bits per heavy atom. The minimum absolute atomic E-state index is 0.512. The van der Waals surface area contributed by atoms with Crippen molar-refractivity contribution >= 4 is 34.6 Å². The Morgan fingerprint density at radius 1 is 1.33 bits per heavy atom. The number of aryl methyl sites for hydroxylation is 1. The van der Waals surface area contributed by atoms with Crippen molar-refractivity contribution in [2.24, 2.45) is 7.05 Å². The van der Waals surface area contributed by atoms with Gasteiger partial charge in [-0.1, -0.05) is 23.2 Å². The molecule has 0 atom stereocenters. The van der Waals surface area contributed by atoms with Crippen molar-refractivity contribution in [2.75, 3.05) is 17.6 Å². The number of benzene rings is 1. The largest absolute Gasteiger partial charge is 0.399 e. The van der Waals surface area contributed by atoms with Gasteiger partial charge < -0.3 is 15.6 Å². The Balaban J connectivity index is 2.01. The second kappa shape index (κ2) is 5.46. The van der Waals surface area contributed by atoms with Crippen molar-refractivity contribution in [3.8, 4) is 0 Å². The van der Waals surface area contributed by atoms with Gasteiger partial charge in [0.15, 0.2) is 0 Å². The molecule has 0 aliphatic rings. The van der Waals surface area contributed by atoms with Gasteiger partial charge in [0.05, 0.1) is 15.7 Å². The van der Waals surface area contributed by atoms with Crippen LogP contribution in [0.25, 0.3) is 0 Å². The van der Waals surface area contributed by atoms with Gasteiger partial charge in [-0.15, -0.1) is 10.2 Å². The van der Waals surface area contributed by atoms with Crippen LogP contribution in [0.3, 0.4) is 0 Å². The van der Waals surface area contributed by atoms with E-state index in [4.69, 9.17) is 28.9 Å². The smallest absolute Gasteiger partial charge is 0.134 e. The van der Waals surface area contributed by atoms with Gasteiger partial charge in [-0.05, 0) is 12.1 Å². The van der Waals surface area contributed by atoms with E-state index in [0.717, 1.165) is 12.2 Å². The average Bonchev–Trinajstić information content (AvgIpc) is 2.68. The molecule has 1 aromatic heterocycles. The first kappa shape index (κ1) is 13.0. The molecule has 0 bridgehead atoms. The zero-order valence-corrected chi connectivity index (χ0v) is 11.3. The summed E-state index contributed by atoms with van der Waals surface area (Å²) in [4.78, 5) is 0. The van der Waals surface area contributed by atoms with E-state index in [2.05, 4.69) is 15.5 Å². The van der Waals surface area contributed by atoms with Crippen LogP contribution in [0.1, 0.15) is 5.82 Å². The second-order valence-electron chi connectivity index (χ2n) is 3.89. The van der Waals surface area contributed by atoms with Gasteiger partial charge in [-0.2, -0.15) is 0 Å². The predicted octanol–water partition coefficient (Wildman–Crippen LogP) is 2.36. The highest BCUT2D eigenvalue weighted by Gasteiger charge is 2.07. The van der Waals surface area contributed by atoms with Gasteiger partial charge in [0.1, 0.15) is 12.2 Å². The van der Waals surface area contributed by atoms with E-state index in [-0.39, 0.29) is 0 Å². The molecule has 0 aliphatic carbocycles. The summed E-state index contributed by atoms with van der Waals surface area (Å²) in [5, 5.41) is 12.0. The summed E-state index contributed by atoms with van der Waals surface area (Å²) in [6.45, 7) is 0.663. The van der Waals surface area contributed by atoms with Crippen molar-refractivity contribution in [3.05, 3.63) is 34.3 Å².